The number of anilines is 1. The standard InChI is InChI=1S/C19H32ClN5O/c1-4-21-19(22-9-6-14-26-3)23-15-16-17(20)7-5-8-18(16)25-12-10-24(2)11-13-25/h5,7-8H,4,6,9-15H2,1-3H3,(H2,21,22,23). The number of methoxy groups -OCH3 is 1. The molecule has 1 aromatic rings. The van der Waals surface area contributed by atoms with E-state index >= 15 is 0 Å². The van der Waals surface area contributed by atoms with Crippen LogP contribution in [0.5, 0.6) is 0 Å². The lowest BCUT2D eigenvalue weighted by molar-refractivity contribution is 0.195. The zero-order valence-corrected chi connectivity index (χ0v) is 17.0. The topological polar surface area (TPSA) is 52.1 Å². The summed E-state index contributed by atoms with van der Waals surface area (Å²) in [6.45, 7) is 9.18. The lowest BCUT2D eigenvalue weighted by Crippen LogP contribution is -2.44. The van der Waals surface area contributed by atoms with Gasteiger partial charge in [-0.2, -0.15) is 0 Å². The van der Waals surface area contributed by atoms with E-state index < -0.39 is 0 Å². The quantitative estimate of drug-likeness (QED) is 0.410. The molecule has 1 saturated heterocycles. The Balaban J connectivity index is 2.08. The van der Waals surface area contributed by atoms with Gasteiger partial charge in [-0.05, 0) is 32.5 Å². The Morgan fingerprint density at radius 3 is 2.69 bits per heavy atom. The molecule has 0 atom stereocenters. The van der Waals surface area contributed by atoms with E-state index in [2.05, 4.69) is 40.5 Å². The lowest BCUT2D eigenvalue weighted by Gasteiger charge is -2.35. The van der Waals surface area contributed by atoms with E-state index in [4.69, 9.17) is 21.3 Å². The first kappa shape index (κ1) is 20.8. The normalized spacial score (nSPS) is 16.0. The number of nitrogens with one attached hydrogen (secondary N) is 2. The molecule has 0 aliphatic carbocycles. The van der Waals surface area contributed by atoms with Gasteiger partial charge in [-0.15, -0.1) is 0 Å². The summed E-state index contributed by atoms with van der Waals surface area (Å²) in [4.78, 5) is 9.51. The molecule has 0 radical (unpaired) electrons. The van der Waals surface area contributed by atoms with Crippen LogP contribution in [0.2, 0.25) is 5.02 Å². The van der Waals surface area contributed by atoms with E-state index in [1.54, 1.807) is 7.11 Å². The predicted octanol–water partition coefficient (Wildman–Crippen LogP) is 2.18. The minimum Gasteiger partial charge on any atom is -0.385 e. The minimum absolute atomic E-state index is 0.557. The van der Waals surface area contributed by atoms with Gasteiger partial charge in [-0.3, -0.25) is 0 Å². The van der Waals surface area contributed by atoms with Gasteiger partial charge in [-0.25, -0.2) is 4.99 Å². The van der Waals surface area contributed by atoms with Crippen LogP contribution in [-0.4, -0.2) is 70.9 Å². The third-order valence-electron chi connectivity index (χ3n) is 4.50. The molecule has 26 heavy (non-hydrogen) atoms. The highest BCUT2D eigenvalue weighted by Crippen LogP contribution is 2.29. The van der Waals surface area contributed by atoms with Crippen molar-refractivity contribution in [3.63, 3.8) is 0 Å². The van der Waals surface area contributed by atoms with Crippen LogP contribution in [-0.2, 0) is 11.3 Å². The summed E-state index contributed by atoms with van der Waals surface area (Å²) in [6.07, 6.45) is 0.944. The van der Waals surface area contributed by atoms with Crippen molar-refractivity contribution < 1.29 is 4.74 Å². The van der Waals surface area contributed by atoms with Crippen LogP contribution in [0, 0.1) is 0 Å². The Kier molecular flexibility index (Phi) is 9.01. The van der Waals surface area contributed by atoms with Crippen LogP contribution >= 0.6 is 11.6 Å². The van der Waals surface area contributed by atoms with Crippen LogP contribution in [0.4, 0.5) is 5.69 Å². The van der Waals surface area contributed by atoms with Gasteiger partial charge < -0.3 is 25.2 Å². The van der Waals surface area contributed by atoms with Gasteiger partial charge in [0.2, 0.25) is 0 Å². The van der Waals surface area contributed by atoms with Gasteiger partial charge >= 0.3 is 0 Å². The molecular formula is C19H32ClN5O. The van der Waals surface area contributed by atoms with Crippen molar-refractivity contribution in [2.75, 3.05) is 64.9 Å². The summed E-state index contributed by atoms with van der Waals surface area (Å²) < 4.78 is 5.09. The second-order valence-corrected chi connectivity index (χ2v) is 6.90. The first-order valence-electron chi connectivity index (χ1n) is 9.37. The molecule has 1 heterocycles. The summed E-state index contributed by atoms with van der Waals surface area (Å²) in [5, 5.41) is 7.41. The number of hydrogen-bond donors (Lipinski definition) is 2. The van der Waals surface area contributed by atoms with Crippen LogP contribution in [0.1, 0.15) is 18.9 Å². The average molecular weight is 382 g/mol. The van der Waals surface area contributed by atoms with Gasteiger partial charge in [0.1, 0.15) is 0 Å². The molecule has 6 nitrogen and oxygen atoms in total. The van der Waals surface area contributed by atoms with E-state index in [1.807, 2.05) is 12.1 Å². The summed E-state index contributed by atoms with van der Waals surface area (Å²) in [5.41, 5.74) is 2.29. The van der Waals surface area contributed by atoms with Crippen molar-refractivity contribution in [2.45, 2.75) is 19.9 Å². The molecule has 0 spiro atoms. The zero-order chi connectivity index (χ0) is 18.8. The number of likely N-dealkylation sites (N-methyl/N-ethyl adjacent to an activating group) is 1. The van der Waals surface area contributed by atoms with Gasteiger partial charge in [-0.1, -0.05) is 17.7 Å². The molecule has 0 amide bonds. The van der Waals surface area contributed by atoms with Crippen molar-refractivity contribution in [1.29, 1.82) is 0 Å². The molecular weight excluding hydrogens is 350 g/mol. The van der Waals surface area contributed by atoms with E-state index in [0.29, 0.717) is 6.54 Å². The Bertz CT molecular complexity index is 573. The van der Waals surface area contributed by atoms with Crippen molar-refractivity contribution in [3.05, 3.63) is 28.8 Å². The van der Waals surface area contributed by atoms with Crippen molar-refractivity contribution in [1.82, 2.24) is 15.5 Å². The second-order valence-electron chi connectivity index (χ2n) is 6.50. The predicted molar refractivity (Wildman–Crippen MR) is 110 cm³/mol. The molecule has 2 N–H and O–H groups in total. The molecule has 0 unspecified atom stereocenters. The Labute approximate surface area is 162 Å². The SMILES string of the molecule is CCNC(=NCc1c(Cl)cccc1N1CCN(C)CC1)NCCCOC. The summed E-state index contributed by atoms with van der Waals surface area (Å²) >= 11 is 6.52. The highest BCUT2D eigenvalue weighted by molar-refractivity contribution is 6.31. The number of benzene rings is 1. The van der Waals surface area contributed by atoms with Crippen LogP contribution in [0.25, 0.3) is 0 Å². The number of halogens is 1. The average Bonchev–Trinajstić information content (AvgIpc) is 2.64. The number of guanidine groups is 1. The molecule has 1 fully saturated rings. The van der Waals surface area contributed by atoms with Crippen molar-refractivity contribution in [3.8, 4) is 0 Å². The van der Waals surface area contributed by atoms with E-state index in [-0.39, 0.29) is 0 Å². The molecule has 0 saturated carbocycles. The maximum absolute atomic E-state index is 6.52. The number of piperazine rings is 1. The number of hydrogen-bond acceptors (Lipinski definition) is 4. The zero-order valence-electron chi connectivity index (χ0n) is 16.2. The second kappa shape index (κ2) is 11.3. The van der Waals surface area contributed by atoms with E-state index in [9.17, 15) is 0 Å². The summed E-state index contributed by atoms with van der Waals surface area (Å²) in [7, 11) is 3.88. The highest BCUT2D eigenvalue weighted by atomic mass is 35.5. The number of aliphatic imine (C=N–C) groups is 1. The van der Waals surface area contributed by atoms with Crippen molar-refractivity contribution >= 4 is 23.2 Å². The molecule has 1 aliphatic rings. The fourth-order valence-electron chi connectivity index (χ4n) is 2.97. The largest absolute Gasteiger partial charge is 0.385 e. The fourth-order valence-corrected chi connectivity index (χ4v) is 3.20. The Hall–Kier alpha value is -1.50. The molecule has 0 bridgehead atoms. The number of nitrogens with zero attached hydrogens (tertiary/aromatic N) is 3. The maximum atomic E-state index is 6.52. The summed E-state index contributed by atoms with van der Waals surface area (Å²) in [6, 6.07) is 6.13. The van der Waals surface area contributed by atoms with Crippen LogP contribution in [0.15, 0.2) is 23.2 Å². The molecule has 146 valence electrons. The van der Waals surface area contributed by atoms with E-state index in [0.717, 1.165) is 68.8 Å². The monoisotopic (exact) mass is 381 g/mol. The Morgan fingerprint density at radius 2 is 2.00 bits per heavy atom. The number of rotatable bonds is 8. The fraction of sp³-hybridized carbons (Fsp3) is 0.632. The van der Waals surface area contributed by atoms with Crippen LogP contribution in [0.3, 0.4) is 0 Å². The third kappa shape index (κ3) is 6.34. The van der Waals surface area contributed by atoms with Gasteiger partial charge in [0.25, 0.3) is 0 Å². The molecule has 1 aromatic carbocycles. The maximum Gasteiger partial charge on any atom is 0.191 e. The smallest absolute Gasteiger partial charge is 0.191 e. The highest BCUT2D eigenvalue weighted by Gasteiger charge is 2.18. The van der Waals surface area contributed by atoms with Crippen molar-refractivity contribution in [2.24, 2.45) is 4.99 Å². The lowest BCUT2D eigenvalue weighted by atomic mass is 10.1. The molecule has 2 rings (SSSR count). The number of ether oxygens (including phenoxy) is 1. The van der Waals surface area contributed by atoms with E-state index in [1.165, 1.54) is 5.69 Å². The first-order chi connectivity index (χ1) is 12.7. The Morgan fingerprint density at radius 1 is 1.23 bits per heavy atom. The summed E-state index contributed by atoms with van der Waals surface area (Å²) in [5.74, 6) is 0.813. The molecule has 7 heteroatoms. The third-order valence-corrected chi connectivity index (χ3v) is 4.85. The molecule has 0 aromatic heterocycles. The molecule has 1 aliphatic heterocycles. The van der Waals surface area contributed by atoms with Crippen LogP contribution < -0.4 is 15.5 Å². The first-order valence-corrected chi connectivity index (χ1v) is 9.75. The van der Waals surface area contributed by atoms with Gasteiger partial charge in [0.15, 0.2) is 5.96 Å². The van der Waals surface area contributed by atoms with Gasteiger partial charge in [0.05, 0.1) is 6.54 Å². The minimum atomic E-state index is 0.557. The van der Waals surface area contributed by atoms with Gasteiger partial charge in [0, 0.05) is 69.3 Å².